The van der Waals surface area contributed by atoms with Crippen LogP contribution in [0.15, 0.2) is 0 Å². The van der Waals surface area contributed by atoms with Gasteiger partial charge in [0.2, 0.25) is 11.8 Å². The number of hydrogen-bond donors (Lipinski definition) is 1. The summed E-state index contributed by atoms with van der Waals surface area (Å²) in [5.41, 5.74) is -0.568. The number of ether oxygens (including phenoxy) is 1. The van der Waals surface area contributed by atoms with Gasteiger partial charge < -0.3 is 19.6 Å². The van der Waals surface area contributed by atoms with Crippen molar-refractivity contribution in [2.45, 2.75) is 58.1 Å². The van der Waals surface area contributed by atoms with Gasteiger partial charge in [-0.2, -0.15) is 0 Å². The van der Waals surface area contributed by atoms with Crippen LogP contribution in [0.2, 0.25) is 0 Å². The maximum atomic E-state index is 12.9. The number of alkyl halides is 2. The van der Waals surface area contributed by atoms with Crippen molar-refractivity contribution in [3.05, 3.63) is 0 Å². The fourth-order valence-electron chi connectivity index (χ4n) is 2.84. The van der Waals surface area contributed by atoms with Crippen molar-refractivity contribution < 1.29 is 28.2 Å². The summed E-state index contributed by atoms with van der Waals surface area (Å²) < 4.78 is 31.1. The number of rotatable bonds is 1. The number of amides is 2. The van der Waals surface area contributed by atoms with E-state index in [4.69, 9.17) is 9.84 Å². The molecule has 0 bridgehead atoms. The second kappa shape index (κ2) is 7.63. The minimum atomic E-state index is -2.69. The van der Waals surface area contributed by atoms with E-state index in [0.29, 0.717) is 19.6 Å². The van der Waals surface area contributed by atoms with E-state index >= 15 is 0 Å². The third-order valence-electron chi connectivity index (χ3n) is 4.01. The molecule has 0 aromatic heterocycles. The molecule has 0 aromatic rings. The number of carbonyl (C=O) groups excluding carboxylic acids is 2. The molecule has 1 aliphatic heterocycles. The van der Waals surface area contributed by atoms with E-state index in [1.54, 1.807) is 30.6 Å². The van der Waals surface area contributed by atoms with E-state index < -0.39 is 23.5 Å². The molecule has 0 spiro atoms. The van der Waals surface area contributed by atoms with Crippen LogP contribution >= 0.6 is 0 Å². The Morgan fingerprint density at radius 1 is 1.17 bits per heavy atom. The Labute approximate surface area is 141 Å². The summed E-state index contributed by atoms with van der Waals surface area (Å²) in [5.74, 6) is -3.48. The summed E-state index contributed by atoms with van der Waals surface area (Å²) in [4.78, 5) is 27.4. The molecule has 8 heteroatoms. The Hall–Kier alpha value is -1.44. The topological polar surface area (TPSA) is 70.1 Å². The molecule has 1 saturated heterocycles. The highest BCUT2D eigenvalue weighted by Crippen LogP contribution is 2.43. The Morgan fingerprint density at radius 3 is 2.12 bits per heavy atom. The summed E-state index contributed by atoms with van der Waals surface area (Å²) in [5, 5.41) is 7.00. The maximum Gasteiger partial charge on any atom is 0.410 e. The highest BCUT2D eigenvalue weighted by Gasteiger charge is 2.50. The summed E-state index contributed by atoms with van der Waals surface area (Å²) >= 11 is 0. The zero-order valence-electron chi connectivity index (χ0n) is 15.0. The van der Waals surface area contributed by atoms with Gasteiger partial charge in [0.1, 0.15) is 5.60 Å². The molecule has 0 aromatic carbocycles. The molecule has 0 radical (unpaired) electrons. The van der Waals surface area contributed by atoms with Crippen molar-refractivity contribution in [1.29, 1.82) is 0 Å². The van der Waals surface area contributed by atoms with Gasteiger partial charge in [0.15, 0.2) is 0 Å². The molecule has 1 saturated carbocycles. The maximum absolute atomic E-state index is 12.9. The molecule has 2 rings (SSSR count). The third-order valence-corrected chi connectivity index (χ3v) is 4.01. The highest BCUT2D eigenvalue weighted by molar-refractivity contribution is 5.80. The van der Waals surface area contributed by atoms with E-state index in [2.05, 4.69) is 0 Å². The first-order valence-corrected chi connectivity index (χ1v) is 8.09. The predicted molar refractivity (Wildman–Crippen MR) is 84.8 cm³/mol. The zero-order valence-corrected chi connectivity index (χ0v) is 15.0. The van der Waals surface area contributed by atoms with E-state index in [9.17, 15) is 18.4 Å². The number of halogens is 2. The minimum Gasteiger partial charge on any atom is -0.444 e. The van der Waals surface area contributed by atoms with Gasteiger partial charge in [0.05, 0.1) is 0 Å². The number of hydrogen-bond acceptors (Lipinski definition) is 4. The van der Waals surface area contributed by atoms with Gasteiger partial charge in [-0.3, -0.25) is 4.79 Å². The second-order valence-electron chi connectivity index (χ2n) is 7.27. The molecule has 1 aliphatic carbocycles. The SMILES string of the molecule is CC1CN(C(=O)C2CC(F)(F)C2)CCN1C(=O)OC(C)(C)C.CO. The first-order valence-electron chi connectivity index (χ1n) is 8.09. The molecular formula is C16H28F2N2O4. The van der Waals surface area contributed by atoms with Crippen LogP contribution < -0.4 is 0 Å². The molecule has 6 nitrogen and oxygen atoms in total. The second-order valence-corrected chi connectivity index (χ2v) is 7.27. The van der Waals surface area contributed by atoms with E-state index in [-0.39, 0.29) is 24.8 Å². The van der Waals surface area contributed by atoms with Crippen LogP contribution in [0.4, 0.5) is 13.6 Å². The molecule has 24 heavy (non-hydrogen) atoms. The molecule has 1 heterocycles. The number of piperazine rings is 1. The highest BCUT2D eigenvalue weighted by atomic mass is 19.3. The van der Waals surface area contributed by atoms with Crippen LogP contribution in [0.5, 0.6) is 0 Å². The normalized spacial score (nSPS) is 23.8. The van der Waals surface area contributed by atoms with Crippen molar-refractivity contribution in [2.75, 3.05) is 26.7 Å². The fourth-order valence-corrected chi connectivity index (χ4v) is 2.84. The lowest BCUT2D eigenvalue weighted by atomic mass is 9.80. The summed E-state index contributed by atoms with van der Waals surface area (Å²) in [6.45, 7) is 8.32. The summed E-state index contributed by atoms with van der Waals surface area (Å²) in [7, 11) is 1.00. The molecule has 1 unspecified atom stereocenters. The van der Waals surface area contributed by atoms with Crippen LogP contribution in [0.3, 0.4) is 0 Å². The number of aliphatic hydroxyl groups excluding tert-OH is 1. The Kier molecular flexibility index (Phi) is 6.55. The molecule has 1 atom stereocenters. The van der Waals surface area contributed by atoms with Gasteiger partial charge in [-0.15, -0.1) is 0 Å². The van der Waals surface area contributed by atoms with Crippen molar-refractivity contribution >= 4 is 12.0 Å². The van der Waals surface area contributed by atoms with E-state index in [1.807, 2.05) is 6.92 Å². The first-order chi connectivity index (χ1) is 11.0. The third kappa shape index (κ3) is 5.29. The van der Waals surface area contributed by atoms with E-state index in [1.165, 1.54) is 0 Å². The Bertz CT molecular complexity index is 457. The number of carbonyl (C=O) groups is 2. The van der Waals surface area contributed by atoms with Crippen molar-refractivity contribution in [2.24, 2.45) is 5.92 Å². The van der Waals surface area contributed by atoms with E-state index in [0.717, 1.165) is 7.11 Å². The van der Waals surface area contributed by atoms with Gasteiger partial charge in [0.25, 0.3) is 0 Å². The lowest BCUT2D eigenvalue weighted by Crippen LogP contribution is -2.58. The number of nitrogens with zero attached hydrogens (tertiary/aromatic N) is 2. The Morgan fingerprint density at radius 2 is 1.71 bits per heavy atom. The largest absolute Gasteiger partial charge is 0.444 e. The van der Waals surface area contributed by atoms with Gasteiger partial charge in [0, 0.05) is 51.5 Å². The lowest BCUT2D eigenvalue weighted by molar-refractivity contribution is -0.162. The van der Waals surface area contributed by atoms with Gasteiger partial charge >= 0.3 is 6.09 Å². The zero-order chi connectivity index (χ0) is 18.7. The summed E-state index contributed by atoms with van der Waals surface area (Å²) in [6.07, 6.45) is -1.11. The monoisotopic (exact) mass is 350 g/mol. The Balaban J connectivity index is 0.00000139. The van der Waals surface area contributed by atoms with Crippen LogP contribution in [0.1, 0.15) is 40.5 Å². The standard InChI is InChI=1S/C15H24F2N2O3.CH4O/c1-10-9-18(12(20)11-7-15(16,17)8-11)5-6-19(10)13(21)22-14(2,3)4;1-2/h10-11H,5-9H2,1-4H3;2H,1H3. The van der Waals surface area contributed by atoms with Crippen LogP contribution in [0.25, 0.3) is 0 Å². The van der Waals surface area contributed by atoms with Gasteiger partial charge in [-0.25, -0.2) is 13.6 Å². The fraction of sp³-hybridized carbons (Fsp3) is 0.875. The van der Waals surface area contributed by atoms with Gasteiger partial charge in [-0.05, 0) is 27.7 Å². The van der Waals surface area contributed by atoms with Crippen LogP contribution in [0, 0.1) is 5.92 Å². The van der Waals surface area contributed by atoms with Crippen LogP contribution in [-0.2, 0) is 9.53 Å². The molecule has 2 aliphatic rings. The smallest absolute Gasteiger partial charge is 0.410 e. The quantitative estimate of drug-likeness (QED) is 0.786. The van der Waals surface area contributed by atoms with Crippen molar-refractivity contribution in [1.82, 2.24) is 9.80 Å². The van der Waals surface area contributed by atoms with Crippen LogP contribution in [-0.4, -0.2) is 71.2 Å². The molecule has 140 valence electrons. The average molecular weight is 350 g/mol. The average Bonchev–Trinajstić information content (AvgIpc) is 2.44. The molecular weight excluding hydrogens is 322 g/mol. The molecule has 2 amide bonds. The lowest BCUT2D eigenvalue weighted by Gasteiger charge is -2.43. The number of aliphatic hydroxyl groups is 1. The minimum absolute atomic E-state index is 0.187. The van der Waals surface area contributed by atoms with Crippen molar-refractivity contribution in [3.8, 4) is 0 Å². The predicted octanol–water partition coefficient (Wildman–Crippen LogP) is 2.11. The summed E-state index contributed by atoms with van der Waals surface area (Å²) in [6, 6.07) is -0.187. The van der Waals surface area contributed by atoms with Gasteiger partial charge in [-0.1, -0.05) is 0 Å². The van der Waals surface area contributed by atoms with Crippen molar-refractivity contribution in [3.63, 3.8) is 0 Å². The molecule has 1 N–H and O–H groups in total. The molecule has 2 fully saturated rings. The first kappa shape index (κ1) is 20.6.